The van der Waals surface area contributed by atoms with Crippen LogP contribution in [0.5, 0.6) is 0 Å². The Morgan fingerprint density at radius 3 is 1.86 bits per heavy atom. The summed E-state index contributed by atoms with van der Waals surface area (Å²) in [5.41, 5.74) is 5.98. The maximum Gasteiger partial charge on any atom is 0.343 e. The molecule has 0 fully saturated rings. The van der Waals surface area contributed by atoms with Gasteiger partial charge in [0.1, 0.15) is 22.1 Å². The van der Waals surface area contributed by atoms with Crippen molar-refractivity contribution in [3.8, 4) is 0 Å². The summed E-state index contributed by atoms with van der Waals surface area (Å²) in [7, 11) is 0. The third-order valence-corrected chi connectivity index (χ3v) is 4.28. The van der Waals surface area contributed by atoms with E-state index in [4.69, 9.17) is 26.8 Å². The molecule has 2 N–H and O–H groups in total. The SMILES string of the molecule is CCOC(=O)c1cnc(SC)nc1Cl.CCOC(=O)c1cnc(SC)nc1N. The van der Waals surface area contributed by atoms with Crippen molar-refractivity contribution in [2.75, 3.05) is 31.5 Å². The number of nitrogens with zero attached hydrogens (tertiary/aromatic N) is 4. The van der Waals surface area contributed by atoms with Crippen molar-refractivity contribution in [1.29, 1.82) is 0 Å². The Kier molecular flexibility index (Phi) is 10.6. The molecular weight excluding hydrogens is 426 g/mol. The number of ether oxygens (including phenoxy) is 2. The lowest BCUT2D eigenvalue weighted by atomic mass is 10.3. The van der Waals surface area contributed by atoms with Gasteiger partial charge in [0, 0.05) is 12.4 Å². The highest BCUT2D eigenvalue weighted by Crippen LogP contribution is 2.17. The second-order valence-electron chi connectivity index (χ2n) is 4.66. The largest absolute Gasteiger partial charge is 0.462 e. The van der Waals surface area contributed by atoms with Crippen LogP contribution in [-0.4, -0.2) is 57.6 Å². The van der Waals surface area contributed by atoms with Crippen LogP contribution >= 0.6 is 35.1 Å². The van der Waals surface area contributed by atoms with Crippen molar-refractivity contribution >= 4 is 52.9 Å². The van der Waals surface area contributed by atoms with E-state index in [1.165, 1.54) is 35.9 Å². The van der Waals surface area contributed by atoms with Gasteiger partial charge < -0.3 is 15.2 Å². The molecule has 2 aromatic heterocycles. The standard InChI is InChI=1S/C8H9ClN2O2S.C8H11N3O2S/c2*1-3-13-7(12)5-4-10-8(14-2)11-6(5)9/h4H,3H2,1-2H3;4H,3H2,1-2H3,(H2,9,10,11). The molecule has 0 spiro atoms. The molecule has 0 bridgehead atoms. The van der Waals surface area contributed by atoms with Gasteiger partial charge in [0.15, 0.2) is 10.3 Å². The molecule has 0 radical (unpaired) electrons. The number of aromatic nitrogens is 4. The summed E-state index contributed by atoms with van der Waals surface area (Å²) in [6.07, 6.45) is 6.42. The monoisotopic (exact) mass is 445 g/mol. The molecule has 152 valence electrons. The molecule has 0 amide bonds. The van der Waals surface area contributed by atoms with Crippen LogP contribution in [0.25, 0.3) is 0 Å². The van der Waals surface area contributed by atoms with Gasteiger partial charge in [-0.1, -0.05) is 35.1 Å². The molecule has 12 heteroatoms. The molecule has 28 heavy (non-hydrogen) atoms. The number of carbonyl (C=O) groups is 2. The average Bonchev–Trinajstić information content (AvgIpc) is 2.68. The van der Waals surface area contributed by atoms with E-state index < -0.39 is 11.9 Å². The van der Waals surface area contributed by atoms with Crippen molar-refractivity contribution in [3.05, 3.63) is 28.7 Å². The molecule has 0 saturated carbocycles. The third-order valence-electron chi connectivity index (χ3n) is 2.87. The molecule has 0 unspecified atom stereocenters. The van der Waals surface area contributed by atoms with Crippen LogP contribution in [0.4, 0.5) is 5.82 Å². The van der Waals surface area contributed by atoms with E-state index >= 15 is 0 Å². The highest BCUT2D eigenvalue weighted by atomic mass is 35.5. The Balaban J connectivity index is 0.000000280. The lowest BCUT2D eigenvalue weighted by Crippen LogP contribution is -2.10. The first-order valence-electron chi connectivity index (χ1n) is 7.95. The van der Waals surface area contributed by atoms with Gasteiger partial charge in [0.05, 0.1) is 13.2 Å². The van der Waals surface area contributed by atoms with E-state index in [0.717, 1.165) is 0 Å². The fraction of sp³-hybridized carbons (Fsp3) is 0.375. The van der Waals surface area contributed by atoms with Crippen molar-refractivity contribution in [3.63, 3.8) is 0 Å². The van der Waals surface area contributed by atoms with Crippen LogP contribution in [0.1, 0.15) is 34.6 Å². The summed E-state index contributed by atoms with van der Waals surface area (Å²) in [4.78, 5) is 38.2. The van der Waals surface area contributed by atoms with Crippen LogP contribution in [0, 0.1) is 0 Å². The number of thioether (sulfide) groups is 2. The predicted octanol–water partition coefficient (Wildman–Crippen LogP) is 2.99. The van der Waals surface area contributed by atoms with Crippen LogP contribution in [0.3, 0.4) is 0 Å². The normalized spacial score (nSPS) is 9.89. The van der Waals surface area contributed by atoms with Crippen LogP contribution in [0.15, 0.2) is 22.7 Å². The molecular formula is C16H20ClN5O4S2. The zero-order valence-corrected chi connectivity index (χ0v) is 18.2. The Morgan fingerprint density at radius 2 is 1.43 bits per heavy atom. The maximum absolute atomic E-state index is 11.3. The molecule has 9 nitrogen and oxygen atoms in total. The number of nitrogen functional groups attached to an aromatic ring is 1. The van der Waals surface area contributed by atoms with E-state index in [1.54, 1.807) is 13.8 Å². The number of esters is 2. The van der Waals surface area contributed by atoms with E-state index in [9.17, 15) is 9.59 Å². The van der Waals surface area contributed by atoms with Crippen molar-refractivity contribution in [2.45, 2.75) is 24.2 Å². The van der Waals surface area contributed by atoms with Gasteiger partial charge in [-0.3, -0.25) is 0 Å². The minimum Gasteiger partial charge on any atom is -0.462 e. The minimum absolute atomic E-state index is 0.128. The zero-order valence-electron chi connectivity index (χ0n) is 15.8. The topological polar surface area (TPSA) is 130 Å². The minimum atomic E-state index is -0.495. The van der Waals surface area contributed by atoms with Gasteiger partial charge in [0.25, 0.3) is 0 Å². The molecule has 0 atom stereocenters. The van der Waals surface area contributed by atoms with Gasteiger partial charge in [-0.05, 0) is 26.4 Å². The number of nitrogens with two attached hydrogens (primary N) is 1. The van der Waals surface area contributed by atoms with Gasteiger partial charge in [0.2, 0.25) is 0 Å². The predicted molar refractivity (Wildman–Crippen MR) is 109 cm³/mol. The Hall–Kier alpha value is -2.11. The number of carbonyl (C=O) groups excluding carboxylic acids is 2. The molecule has 2 heterocycles. The lowest BCUT2D eigenvalue weighted by molar-refractivity contribution is 0.0516. The summed E-state index contributed by atoms with van der Waals surface area (Å²) in [5.74, 6) is -0.828. The number of anilines is 1. The Labute approximate surface area is 176 Å². The lowest BCUT2D eigenvalue weighted by Gasteiger charge is -2.04. The van der Waals surface area contributed by atoms with Crippen LogP contribution in [-0.2, 0) is 9.47 Å². The van der Waals surface area contributed by atoms with Gasteiger partial charge >= 0.3 is 11.9 Å². The maximum atomic E-state index is 11.3. The van der Waals surface area contributed by atoms with Crippen molar-refractivity contribution < 1.29 is 19.1 Å². The molecule has 2 rings (SSSR count). The van der Waals surface area contributed by atoms with Gasteiger partial charge in [-0.15, -0.1) is 0 Å². The number of rotatable bonds is 6. The highest BCUT2D eigenvalue weighted by molar-refractivity contribution is 7.98. The number of hydrogen-bond acceptors (Lipinski definition) is 11. The number of hydrogen-bond donors (Lipinski definition) is 1. The van der Waals surface area contributed by atoms with E-state index in [-0.39, 0.29) is 22.1 Å². The Bertz CT molecular complexity index is 758. The zero-order chi connectivity index (χ0) is 21.1. The first kappa shape index (κ1) is 23.9. The molecule has 2 aromatic rings. The summed E-state index contributed by atoms with van der Waals surface area (Å²) in [6.45, 7) is 4.07. The summed E-state index contributed by atoms with van der Waals surface area (Å²) < 4.78 is 9.55. The van der Waals surface area contributed by atoms with E-state index in [1.807, 2.05) is 12.5 Å². The smallest absolute Gasteiger partial charge is 0.343 e. The second-order valence-corrected chi connectivity index (χ2v) is 6.56. The van der Waals surface area contributed by atoms with Gasteiger partial charge in [-0.25, -0.2) is 29.5 Å². The third kappa shape index (κ3) is 7.13. The first-order chi connectivity index (χ1) is 13.4. The van der Waals surface area contributed by atoms with E-state index in [0.29, 0.717) is 23.5 Å². The summed E-state index contributed by atoms with van der Waals surface area (Å²) in [6, 6.07) is 0. The quantitative estimate of drug-likeness (QED) is 0.304. The highest BCUT2D eigenvalue weighted by Gasteiger charge is 2.14. The summed E-state index contributed by atoms with van der Waals surface area (Å²) >= 11 is 8.49. The van der Waals surface area contributed by atoms with E-state index in [2.05, 4.69) is 19.9 Å². The van der Waals surface area contributed by atoms with Crippen molar-refractivity contribution in [1.82, 2.24) is 19.9 Å². The van der Waals surface area contributed by atoms with Crippen molar-refractivity contribution in [2.24, 2.45) is 0 Å². The van der Waals surface area contributed by atoms with Crippen LogP contribution in [0.2, 0.25) is 5.15 Å². The van der Waals surface area contributed by atoms with Gasteiger partial charge in [-0.2, -0.15) is 0 Å². The average molecular weight is 446 g/mol. The molecule has 0 saturated heterocycles. The molecule has 0 aliphatic heterocycles. The molecule has 0 aliphatic carbocycles. The second kappa shape index (κ2) is 12.4. The Morgan fingerprint density at radius 1 is 0.964 bits per heavy atom. The molecule has 0 aromatic carbocycles. The molecule has 0 aliphatic rings. The first-order valence-corrected chi connectivity index (χ1v) is 10.8. The fourth-order valence-corrected chi connectivity index (χ4v) is 2.58. The van der Waals surface area contributed by atoms with Crippen LogP contribution < -0.4 is 5.73 Å². The number of halogens is 1. The summed E-state index contributed by atoms with van der Waals surface area (Å²) in [5, 5.41) is 1.20. The fourth-order valence-electron chi connectivity index (χ4n) is 1.63.